The molecule has 0 radical (unpaired) electrons. The third-order valence-electron chi connectivity index (χ3n) is 10.7. The molecule has 0 fully saturated rings. The number of pyridine rings is 1. The summed E-state index contributed by atoms with van der Waals surface area (Å²) in [5, 5.41) is 0. The monoisotopic (exact) mass is 848 g/mol. The van der Waals surface area contributed by atoms with Gasteiger partial charge in [-0.1, -0.05) is 63.2 Å². The van der Waals surface area contributed by atoms with E-state index in [1.54, 1.807) is 0 Å². The molecule has 0 atom stereocenters. The Bertz CT molecular complexity index is 2570. The Labute approximate surface area is 341 Å². The zero-order chi connectivity index (χ0) is 38.6. The standard InChI is InChI=1S/C50H46N4OTe/c1-49(2,3)36-25-26-51-48(30-36)54-44-21-12-13-22-46(44)56-47-24-23-41(32-45(47)54)55-40-18-14-17-38(31-40)52-33-53(43-20-11-10-19-42(43)52)39-28-35(34-15-8-7-9-16-34)27-37(29-39)50(4,5)6/h7-32H,33H2,1-6H3. The van der Waals surface area contributed by atoms with Gasteiger partial charge in [0, 0.05) is 0 Å². The molecule has 3 heterocycles. The van der Waals surface area contributed by atoms with Crippen LogP contribution in [0.25, 0.3) is 11.1 Å². The molecule has 2 aliphatic heterocycles. The van der Waals surface area contributed by atoms with Gasteiger partial charge >= 0.3 is 246 Å². The largest absolute Gasteiger partial charge is 0.0345 e. The third-order valence-corrected chi connectivity index (χ3v) is 13.9. The van der Waals surface area contributed by atoms with Crippen LogP contribution in [0.1, 0.15) is 52.7 Å². The summed E-state index contributed by atoms with van der Waals surface area (Å²) in [6.45, 7) is 14.3. The normalized spacial score (nSPS) is 13.6. The molecule has 0 saturated heterocycles. The first-order chi connectivity index (χ1) is 27.0. The van der Waals surface area contributed by atoms with Gasteiger partial charge in [-0.3, -0.25) is 0 Å². The van der Waals surface area contributed by atoms with Crippen molar-refractivity contribution in [2.45, 2.75) is 52.4 Å². The molecule has 0 saturated carbocycles. The predicted octanol–water partition coefficient (Wildman–Crippen LogP) is 11.8. The number of hydrogen-bond acceptors (Lipinski definition) is 5. The molecule has 56 heavy (non-hydrogen) atoms. The SMILES string of the molecule is CC(C)(C)c1cc(-c2ccccc2)cc(N2CN(c3cccc(Oc4ccc5c(c4)N(c4cc(C(C)(C)C)ccn4)c4ccccc4[Te]5)c3)c3ccccc32)c1. The van der Waals surface area contributed by atoms with Crippen LogP contribution in [0.5, 0.6) is 11.5 Å². The molecule has 0 N–H and O–H groups in total. The number of ether oxygens (including phenoxy) is 1. The van der Waals surface area contributed by atoms with Crippen molar-refractivity contribution in [3.8, 4) is 22.6 Å². The average Bonchev–Trinajstić information content (AvgIpc) is 3.60. The van der Waals surface area contributed by atoms with Crippen LogP contribution in [0.4, 0.5) is 39.9 Å². The fraction of sp³-hybridized carbons (Fsp3) is 0.180. The maximum Gasteiger partial charge on any atom is -0.0345 e. The Morgan fingerprint density at radius 2 is 1.16 bits per heavy atom. The topological polar surface area (TPSA) is 31.8 Å². The summed E-state index contributed by atoms with van der Waals surface area (Å²) in [7, 11) is 0. The van der Waals surface area contributed by atoms with Gasteiger partial charge in [0.25, 0.3) is 0 Å². The first-order valence-electron chi connectivity index (χ1n) is 19.3. The van der Waals surface area contributed by atoms with Crippen LogP contribution >= 0.6 is 0 Å². The van der Waals surface area contributed by atoms with Crippen LogP contribution in [0.15, 0.2) is 158 Å². The van der Waals surface area contributed by atoms with Gasteiger partial charge in [-0.15, -0.1) is 0 Å². The maximum atomic E-state index is 6.74. The molecule has 9 rings (SSSR count). The van der Waals surface area contributed by atoms with E-state index >= 15 is 0 Å². The minimum Gasteiger partial charge on any atom is -0.0345 e. The first kappa shape index (κ1) is 36.1. The molecule has 0 amide bonds. The van der Waals surface area contributed by atoms with Gasteiger partial charge in [-0.2, -0.15) is 0 Å². The van der Waals surface area contributed by atoms with Crippen molar-refractivity contribution < 1.29 is 4.74 Å². The van der Waals surface area contributed by atoms with Crippen molar-refractivity contribution in [2.75, 3.05) is 21.4 Å². The van der Waals surface area contributed by atoms with Gasteiger partial charge in [-0.25, -0.2) is 0 Å². The fourth-order valence-corrected chi connectivity index (χ4v) is 10.5. The summed E-state index contributed by atoms with van der Waals surface area (Å²) in [5.41, 5.74) is 12.0. The van der Waals surface area contributed by atoms with Crippen molar-refractivity contribution >= 4 is 68.1 Å². The van der Waals surface area contributed by atoms with Crippen molar-refractivity contribution in [3.63, 3.8) is 0 Å². The van der Waals surface area contributed by atoms with Crippen molar-refractivity contribution in [1.29, 1.82) is 0 Å². The summed E-state index contributed by atoms with van der Waals surface area (Å²) < 4.78 is 9.53. The van der Waals surface area contributed by atoms with E-state index in [9.17, 15) is 0 Å². The zero-order valence-electron chi connectivity index (χ0n) is 32.8. The summed E-state index contributed by atoms with van der Waals surface area (Å²) in [6.07, 6.45) is 1.94. The second-order valence-corrected chi connectivity index (χ2v) is 19.8. The van der Waals surface area contributed by atoms with E-state index in [2.05, 4.69) is 208 Å². The van der Waals surface area contributed by atoms with Gasteiger partial charge in [-0.05, 0) is 34.2 Å². The Balaban J connectivity index is 1.05. The molecule has 7 aromatic rings. The van der Waals surface area contributed by atoms with Crippen LogP contribution in [-0.4, -0.2) is 32.6 Å². The molecule has 0 bridgehead atoms. The molecule has 0 unspecified atom stereocenters. The van der Waals surface area contributed by atoms with Crippen LogP contribution in [0, 0.1) is 0 Å². The van der Waals surface area contributed by atoms with E-state index in [4.69, 9.17) is 9.72 Å². The second kappa shape index (κ2) is 14.2. The van der Waals surface area contributed by atoms with E-state index in [1.165, 1.54) is 52.2 Å². The third kappa shape index (κ3) is 6.93. The summed E-state index contributed by atoms with van der Waals surface area (Å²) in [4.78, 5) is 12.1. The van der Waals surface area contributed by atoms with Gasteiger partial charge in [0.2, 0.25) is 0 Å². The van der Waals surface area contributed by atoms with Crippen molar-refractivity contribution in [2.24, 2.45) is 0 Å². The number of aromatic nitrogens is 1. The molecule has 278 valence electrons. The second-order valence-electron chi connectivity index (χ2n) is 16.7. The summed E-state index contributed by atoms with van der Waals surface area (Å²) in [6, 6.07) is 54.7. The quantitative estimate of drug-likeness (QED) is 0.156. The molecule has 0 spiro atoms. The van der Waals surface area contributed by atoms with E-state index in [0.717, 1.165) is 28.7 Å². The molecular weight excluding hydrogens is 800 g/mol. The van der Waals surface area contributed by atoms with Crippen molar-refractivity contribution in [1.82, 2.24) is 4.98 Å². The molecule has 0 aliphatic carbocycles. The minimum atomic E-state index is -0.593. The molecular formula is C50H46N4OTe. The predicted molar refractivity (Wildman–Crippen MR) is 235 cm³/mol. The molecule has 6 aromatic carbocycles. The number of rotatable bonds is 6. The first-order valence-corrected chi connectivity index (χ1v) is 21.6. The van der Waals surface area contributed by atoms with E-state index in [0.29, 0.717) is 6.67 Å². The summed E-state index contributed by atoms with van der Waals surface area (Å²) in [5.74, 6) is 2.53. The Morgan fingerprint density at radius 1 is 0.500 bits per heavy atom. The molecule has 6 heteroatoms. The number of benzene rings is 6. The van der Waals surface area contributed by atoms with Gasteiger partial charge in [0.1, 0.15) is 0 Å². The maximum absolute atomic E-state index is 6.74. The number of anilines is 7. The van der Waals surface area contributed by atoms with E-state index < -0.39 is 20.9 Å². The molecule has 1 aromatic heterocycles. The van der Waals surface area contributed by atoms with Crippen molar-refractivity contribution in [3.05, 3.63) is 169 Å². The summed E-state index contributed by atoms with van der Waals surface area (Å²) >= 11 is -0.593. The van der Waals surface area contributed by atoms with Gasteiger partial charge < -0.3 is 0 Å². The van der Waals surface area contributed by atoms with E-state index in [1.807, 2.05) is 6.20 Å². The van der Waals surface area contributed by atoms with E-state index in [-0.39, 0.29) is 10.8 Å². The molecule has 2 aliphatic rings. The number of para-hydroxylation sites is 3. The Morgan fingerprint density at radius 3 is 1.91 bits per heavy atom. The van der Waals surface area contributed by atoms with Gasteiger partial charge in [0.05, 0.1) is 0 Å². The minimum absolute atomic E-state index is 0.00371. The average molecular weight is 847 g/mol. The molecule has 5 nitrogen and oxygen atoms in total. The Hall–Kier alpha value is -5.54. The number of fused-ring (bicyclic) bond motifs is 3. The zero-order valence-corrected chi connectivity index (χ0v) is 35.2. The number of hydrogen-bond donors (Lipinski definition) is 0. The van der Waals surface area contributed by atoms with Crippen LogP contribution in [0.2, 0.25) is 0 Å². The smallest absolute Gasteiger partial charge is 0.0345 e. The van der Waals surface area contributed by atoms with Crippen LogP contribution in [0.3, 0.4) is 0 Å². The Kier molecular flexibility index (Phi) is 9.15. The van der Waals surface area contributed by atoms with Gasteiger partial charge in [0.15, 0.2) is 0 Å². The van der Waals surface area contributed by atoms with Crippen LogP contribution in [-0.2, 0) is 10.8 Å². The number of nitrogens with zero attached hydrogens (tertiary/aromatic N) is 4. The van der Waals surface area contributed by atoms with Crippen LogP contribution < -0.4 is 26.7 Å². The fourth-order valence-electron chi connectivity index (χ4n) is 7.56.